The van der Waals surface area contributed by atoms with Crippen LogP contribution in [-0.2, 0) is 4.74 Å². The van der Waals surface area contributed by atoms with Crippen molar-refractivity contribution < 1.29 is 9.53 Å². The van der Waals surface area contributed by atoms with Crippen LogP contribution in [0.5, 0.6) is 0 Å². The Labute approximate surface area is 160 Å². The number of rotatable bonds is 3. The maximum absolute atomic E-state index is 13.3. The van der Waals surface area contributed by atoms with Crippen LogP contribution in [0.2, 0.25) is 0 Å². The van der Waals surface area contributed by atoms with Crippen molar-refractivity contribution in [1.82, 2.24) is 4.57 Å². The Balaban J connectivity index is 2.29. The van der Waals surface area contributed by atoms with Crippen LogP contribution in [0, 0.1) is 0 Å². The lowest BCUT2D eigenvalue weighted by Gasteiger charge is -2.15. The summed E-state index contributed by atoms with van der Waals surface area (Å²) >= 11 is 1.28. The molecule has 0 saturated heterocycles. The number of ether oxygens (including phenoxy) is 1. The van der Waals surface area contributed by atoms with Crippen molar-refractivity contribution in [2.24, 2.45) is 0 Å². The summed E-state index contributed by atoms with van der Waals surface area (Å²) in [7, 11) is 5.15. The number of carbonyl (C=O) groups is 1. The van der Waals surface area contributed by atoms with E-state index < -0.39 is 5.97 Å². The molecule has 0 N–H and O–H groups in total. The van der Waals surface area contributed by atoms with Crippen molar-refractivity contribution in [3.63, 3.8) is 0 Å². The minimum atomic E-state index is -0.406. The SMILES string of the molecule is COC(=O)c1sc2c(c1N(C)C)c1ccccc1c(=O)n2-c1ccccc1. The van der Waals surface area contributed by atoms with Crippen molar-refractivity contribution in [1.29, 1.82) is 0 Å². The minimum absolute atomic E-state index is 0.104. The van der Waals surface area contributed by atoms with Gasteiger partial charge < -0.3 is 9.64 Å². The van der Waals surface area contributed by atoms with Gasteiger partial charge in [-0.25, -0.2) is 4.79 Å². The van der Waals surface area contributed by atoms with E-state index in [-0.39, 0.29) is 5.56 Å². The highest BCUT2D eigenvalue weighted by Crippen LogP contribution is 2.41. The van der Waals surface area contributed by atoms with Gasteiger partial charge in [0.15, 0.2) is 0 Å². The van der Waals surface area contributed by atoms with Crippen LogP contribution in [0.25, 0.3) is 26.7 Å². The number of para-hydroxylation sites is 1. The summed E-state index contributed by atoms with van der Waals surface area (Å²) in [6.45, 7) is 0. The van der Waals surface area contributed by atoms with Gasteiger partial charge in [-0.3, -0.25) is 9.36 Å². The molecule has 6 heteroatoms. The predicted molar refractivity (Wildman–Crippen MR) is 111 cm³/mol. The van der Waals surface area contributed by atoms with E-state index in [4.69, 9.17) is 4.74 Å². The molecule has 4 aromatic rings. The van der Waals surface area contributed by atoms with Crippen LogP contribution in [0.1, 0.15) is 9.67 Å². The van der Waals surface area contributed by atoms with Crippen molar-refractivity contribution in [2.75, 3.05) is 26.1 Å². The van der Waals surface area contributed by atoms with Crippen LogP contribution >= 0.6 is 11.3 Å². The zero-order chi connectivity index (χ0) is 19.1. The zero-order valence-corrected chi connectivity index (χ0v) is 16.0. The van der Waals surface area contributed by atoms with Crippen molar-refractivity contribution in [3.05, 3.63) is 69.8 Å². The van der Waals surface area contributed by atoms with E-state index in [9.17, 15) is 9.59 Å². The van der Waals surface area contributed by atoms with Crippen LogP contribution in [0.15, 0.2) is 59.4 Å². The van der Waals surface area contributed by atoms with Gasteiger partial charge in [-0.1, -0.05) is 36.4 Å². The van der Waals surface area contributed by atoms with Crippen LogP contribution in [0.4, 0.5) is 5.69 Å². The zero-order valence-electron chi connectivity index (χ0n) is 15.2. The molecule has 136 valence electrons. The average Bonchev–Trinajstić information content (AvgIpc) is 3.09. The smallest absolute Gasteiger partial charge is 0.350 e. The molecule has 5 nitrogen and oxygen atoms in total. The lowest BCUT2D eigenvalue weighted by Crippen LogP contribution is -2.19. The fourth-order valence-electron chi connectivity index (χ4n) is 3.38. The molecule has 0 radical (unpaired) electrons. The summed E-state index contributed by atoms with van der Waals surface area (Å²) in [6.07, 6.45) is 0. The number of pyridine rings is 1. The van der Waals surface area contributed by atoms with E-state index in [1.54, 1.807) is 4.57 Å². The van der Waals surface area contributed by atoms with Gasteiger partial charge in [0.05, 0.1) is 18.5 Å². The van der Waals surface area contributed by atoms with E-state index in [1.807, 2.05) is 73.6 Å². The molecule has 2 aromatic heterocycles. The lowest BCUT2D eigenvalue weighted by atomic mass is 10.1. The van der Waals surface area contributed by atoms with Crippen molar-refractivity contribution in [2.45, 2.75) is 0 Å². The second kappa shape index (κ2) is 6.55. The summed E-state index contributed by atoms with van der Waals surface area (Å²) in [5, 5.41) is 2.33. The number of hydrogen-bond donors (Lipinski definition) is 0. The molecule has 0 bridgehead atoms. The first-order chi connectivity index (χ1) is 13.0. The summed E-state index contributed by atoms with van der Waals surface area (Å²) in [6, 6.07) is 17.0. The van der Waals surface area contributed by atoms with Gasteiger partial charge in [-0.15, -0.1) is 11.3 Å². The molecule has 0 amide bonds. The molecule has 0 aliphatic rings. The number of hydrogen-bond acceptors (Lipinski definition) is 5. The van der Waals surface area contributed by atoms with E-state index in [1.165, 1.54) is 18.4 Å². The van der Waals surface area contributed by atoms with Crippen molar-refractivity contribution in [3.8, 4) is 5.69 Å². The minimum Gasteiger partial charge on any atom is -0.465 e. The third-order valence-electron chi connectivity index (χ3n) is 4.53. The Kier molecular flexibility index (Phi) is 4.20. The number of aromatic nitrogens is 1. The molecule has 2 heterocycles. The average molecular weight is 378 g/mol. The maximum Gasteiger partial charge on any atom is 0.350 e. The molecule has 0 aliphatic carbocycles. The van der Waals surface area contributed by atoms with Gasteiger partial charge in [0.2, 0.25) is 0 Å². The largest absolute Gasteiger partial charge is 0.465 e. The Bertz CT molecular complexity index is 1220. The standard InChI is InChI=1S/C21H18N2O3S/c1-22(2)17-16-14-11-7-8-12-15(14)19(24)23(13-9-5-4-6-10-13)20(16)27-18(17)21(25)26-3/h4-12H,1-3H3. The number of carbonyl (C=O) groups excluding carboxylic acids is 1. The first-order valence-electron chi connectivity index (χ1n) is 8.46. The number of thiophene rings is 1. The highest BCUT2D eigenvalue weighted by Gasteiger charge is 2.25. The predicted octanol–water partition coefficient (Wildman–Crippen LogP) is 4.06. The first-order valence-corrected chi connectivity index (χ1v) is 9.27. The maximum atomic E-state index is 13.3. The van der Waals surface area contributed by atoms with Gasteiger partial charge in [0.1, 0.15) is 9.71 Å². The number of esters is 1. The highest BCUT2D eigenvalue weighted by atomic mass is 32.1. The lowest BCUT2D eigenvalue weighted by molar-refractivity contribution is 0.0607. The van der Waals surface area contributed by atoms with Gasteiger partial charge in [0.25, 0.3) is 5.56 Å². The number of benzene rings is 2. The summed E-state index contributed by atoms with van der Waals surface area (Å²) in [4.78, 5) is 28.9. The summed E-state index contributed by atoms with van der Waals surface area (Å²) < 4.78 is 6.68. The van der Waals surface area contributed by atoms with E-state index >= 15 is 0 Å². The molecule has 2 aromatic carbocycles. The molecule has 0 spiro atoms. The molecule has 0 fully saturated rings. The highest BCUT2D eigenvalue weighted by molar-refractivity contribution is 7.21. The number of nitrogens with zero attached hydrogens (tertiary/aromatic N) is 2. The fraction of sp³-hybridized carbons (Fsp3) is 0.143. The molecular weight excluding hydrogens is 360 g/mol. The molecule has 0 unspecified atom stereocenters. The van der Waals surface area contributed by atoms with E-state index in [0.717, 1.165) is 27.0 Å². The molecule has 0 saturated carbocycles. The normalized spacial score (nSPS) is 11.1. The van der Waals surface area contributed by atoms with Crippen LogP contribution in [-0.4, -0.2) is 31.7 Å². The van der Waals surface area contributed by atoms with Gasteiger partial charge >= 0.3 is 5.97 Å². The third kappa shape index (κ3) is 2.61. The fourth-order valence-corrected chi connectivity index (χ4v) is 4.71. The van der Waals surface area contributed by atoms with Crippen LogP contribution < -0.4 is 10.5 Å². The monoisotopic (exact) mass is 378 g/mol. The third-order valence-corrected chi connectivity index (χ3v) is 5.67. The Hall–Kier alpha value is -3.12. The summed E-state index contributed by atoms with van der Waals surface area (Å²) in [5.41, 5.74) is 1.43. The topological polar surface area (TPSA) is 51.5 Å². The summed E-state index contributed by atoms with van der Waals surface area (Å²) in [5.74, 6) is -0.406. The Morgan fingerprint density at radius 1 is 1.00 bits per heavy atom. The molecule has 4 rings (SSSR count). The number of anilines is 1. The number of fused-ring (bicyclic) bond motifs is 3. The van der Waals surface area contributed by atoms with Gasteiger partial charge in [-0.2, -0.15) is 0 Å². The molecule has 0 aliphatic heterocycles. The van der Waals surface area contributed by atoms with Gasteiger partial charge in [0, 0.05) is 24.9 Å². The first kappa shape index (κ1) is 17.3. The molecule has 0 atom stereocenters. The second-order valence-corrected chi connectivity index (χ2v) is 7.37. The quantitative estimate of drug-likeness (QED) is 0.505. The molecular formula is C21H18N2O3S. The number of methoxy groups -OCH3 is 1. The Morgan fingerprint density at radius 3 is 2.26 bits per heavy atom. The molecule has 27 heavy (non-hydrogen) atoms. The Morgan fingerprint density at radius 2 is 1.63 bits per heavy atom. The van der Waals surface area contributed by atoms with Crippen molar-refractivity contribution >= 4 is 44.0 Å². The van der Waals surface area contributed by atoms with Crippen LogP contribution in [0.3, 0.4) is 0 Å². The van der Waals surface area contributed by atoms with E-state index in [2.05, 4.69) is 0 Å². The second-order valence-electron chi connectivity index (χ2n) is 6.37. The van der Waals surface area contributed by atoms with E-state index in [0.29, 0.717) is 10.3 Å². The van der Waals surface area contributed by atoms with Gasteiger partial charge in [-0.05, 0) is 23.6 Å².